The Bertz CT molecular complexity index is 1410. The first kappa shape index (κ1) is 30.8. The van der Waals surface area contributed by atoms with E-state index >= 15 is 0 Å². The van der Waals surface area contributed by atoms with Crippen molar-refractivity contribution in [3.8, 4) is 5.75 Å². The van der Waals surface area contributed by atoms with Gasteiger partial charge in [0.1, 0.15) is 24.1 Å². The van der Waals surface area contributed by atoms with Crippen LogP contribution in [0.1, 0.15) is 55.5 Å². The number of aryl methyl sites for hydroxylation is 1. The van der Waals surface area contributed by atoms with E-state index in [1.807, 2.05) is 54.6 Å². The van der Waals surface area contributed by atoms with Gasteiger partial charge in [0.2, 0.25) is 23.6 Å². The molecule has 3 N–H and O–H groups in total. The third-order valence-electron chi connectivity index (χ3n) is 8.15. The lowest BCUT2D eigenvalue weighted by atomic mass is 9.99. The van der Waals surface area contributed by atoms with Gasteiger partial charge < -0.3 is 30.0 Å². The van der Waals surface area contributed by atoms with Crippen molar-refractivity contribution in [3.63, 3.8) is 0 Å². The van der Waals surface area contributed by atoms with Crippen LogP contribution in [0.4, 0.5) is 0 Å². The summed E-state index contributed by atoms with van der Waals surface area (Å²) in [5.74, 6) is 0.648. The minimum atomic E-state index is -0.680. The number of oxazole rings is 1. The van der Waals surface area contributed by atoms with Crippen LogP contribution >= 0.6 is 0 Å². The molecule has 44 heavy (non-hydrogen) atoms. The Morgan fingerprint density at radius 2 is 1.93 bits per heavy atom. The number of fused-ring (bicyclic) bond motifs is 2. The highest BCUT2D eigenvalue weighted by Crippen LogP contribution is 2.22. The number of nitrogens with one attached hydrogen (secondary N) is 3. The third-order valence-corrected chi connectivity index (χ3v) is 8.15. The van der Waals surface area contributed by atoms with Gasteiger partial charge in [0.05, 0.1) is 25.4 Å². The van der Waals surface area contributed by atoms with Gasteiger partial charge in [-0.15, -0.1) is 0 Å². The number of amides is 3. The summed E-state index contributed by atoms with van der Waals surface area (Å²) >= 11 is 0. The van der Waals surface area contributed by atoms with Gasteiger partial charge in [0.15, 0.2) is 0 Å². The van der Waals surface area contributed by atoms with Crippen molar-refractivity contribution in [3.05, 3.63) is 96.4 Å². The molecule has 0 radical (unpaired) electrons. The first-order chi connectivity index (χ1) is 21.5. The van der Waals surface area contributed by atoms with Gasteiger partial charge in [0.25, 0.3) is 0 Å². The number of likely N-dealkylation sites (tertiary alicyclic amines) is 1. The molecular weight excluding hydrogens is 558 g/mol. The summed E-state index contributed by atoms with van der Waals surface area (Å²) in [6, 6.07) is 16.0. The van der Waals surface area contributed by atoms with Crippen LogP contribution in [0.5, 0.6) is 5.75 Å². The molecule has 5 rings (SSSR count). The van der Waals surface area contributed by atoms with Crippen LogP contribution in [0, 0.1) is 0 Å². The summed E-state index contributed by atoms with van der Waals surface area (Å²) in [4.78, 5) is 46.0. The standard InChI is InChI=1S/C34H41N5O5/c1-24-28(16-15-25-9-3-2-4-10-25)38-34(42)30(39-18-8-14-32(39)40)22-26-11-7-12-27(21-26)43-19-6-5-13-29(37-24)33(41)36-23-31-35-17-20-44-31/h2-4,7,9-12,17,20-21,28-30,37H,1,5-6,8,13-16,18-19,22-23H2,(H,36,41)(H,38,42)/t28-,29-,30-/m0/s1. The van der Waals surface area contributed by atoms with Gasteiger partial charge in [-0.2, -0.15) is 0 Å². The van der Waals surface area contributed by atoms with E-state index < -0.39 is 18.1 Å². The van der Waals surface area contributed by atoms with E-state index in [2.05, 4.69) is 27.5 Å². The number of nitrogens with zero attached hydrogens (tertiary/aromatic N) is 2. The molecular formula is C34H41N5O5. The monoisotopic (exact) mass is 599 g/mol. The first-order valence-corrected chi connectivity index (χ1v) is 15.4. The van der Waals surface area contributed by atoms with E-state index in [1.165, 1.54) is 12.5 Å². The molecule has 1 aromatic heterocycles. The van der Waals surface area contributed by atoms with Crippen molar-refractivity contribution in [2.24, 2.45) is 0 Å². The molecule has 1 fully saturated rings. The zero-order chi connectivity index (χ0) is 30.7. The summed E-state index contributed by atoms with van der Waals surface area (Å²) in [6.45, 7) is 5.49. The van der Waals surface area contributed by atoms with Gasteiger partial charge in [-0.25, -0.2) is 4.98 Å². The summed E-state index contributed by atoms with van der Waals surface area (Å²) in [7, 11) is 0. The van der Waals surface area contributed by atoms with Crippen LogP contribution in [-0.4, -0.2) is 58.9 Å². The van der Waals surface area contributed by atoms with Crippen molar-refractivity contribution >= 4 is 17.7 Å². The quantitative estimate of drug-likeness (QED) is 0.378. The van der Waals surface area contributed by atoms with E-state index in [4.69, 9.17) is 9.15 Å². The van der Waals surface area contributed by atoms with E-state index in [1.54, 1.807) is 4.90 Å². The zero-order valence-electron chi connectivity index (χ0n) is 25.0. The fourth-order valence-corrected chi connectivity index (χ4v) is 5.75. The summed E-state index contributed by atoms with van der Waals surface area (Å²) in [6.07, 6.45) is 7.80. The van der Waals surface area contributed by atoms with Crippen LogP contribution < -0.4 is 20.7 Å². The molecule has 232 valence electrons. The Morgan fingerprint density at radius 1 is 1.07 bits per heavy atom. The molecule has 0 unspecified atom stereocenters. The molecule has 3 aromatic rings. The molecule has 0 saturated carbocycles. The van der Waals surface area contributed by atoms with Gasteiger partial charge in [-0.3, -0.25) is 14.4 Å². The number of carbonyl (C=O) groups is 3. The lowest BCUT2D eigenvalue weighted by Gasteiger charge is -2.31. The molecule has 3 heterocycles. The van der Waals surface area contributed by atoms with Crippen molar-refractivity contribution < 1.29 is 23.5 Å². The number of benzene rings is 2. The molecule has 10 heteroatoms. The van der Waals surface area contributed by atoms with Crippen molar-refractivity contribution in [1.29, 1.82) is 0 Å². The summed E-state index contributed by atoms with van der Waals surface area (Å²) < 4.78 is 11.3. The second-order valence-corrected chi connectivity index (χ2v) is 11.4. The van der Waals surface area contributed by atoms with Gasteiger partial charge in [-0.05, 0) is 61.8 Å². The second-order valence-electron chi connectivity index (χ2n) is 11.4. The van der Waals surface area contributed by atoms with Crippen molar-refractivity contribution in [2.45, 2.75) is 76.0 Å². The van der Waals surface area contributed by atoms with Crippen LogP contribution in [0.25, 0.3) is 0 Å². The average molecular weight is 600 g/mol. The highest BCUT2D eigenvalue weighted by molar-refractivity contribution is 5.89. The number of aromatic nitrogens is 1. The normalized spacial score (nSPS) is 21.7. The fourth-order valence-electron chi connectivity index (χ4n) is 5.75. The molecule has 0 spiro atoms. The first-order valence-electron chi connectivity index (χ1n) is 15.4. The molecule has 2 aliphatic rings. The maximum atomic E-state index is 14.0. The lowest BCUT2D eigenvalue weighted by Crippen LogP contribution is -2.54. The Labute approximate surface area is 258 Å². The van der Waals surface area contributed by atoms with Crippen LogP contribution in [0.3, 0.4) is 0 Å². The Balaban J connectivity index is 1.40. The predicted octanol–water partition coefficient (Wildman–Crippen LogP) is 3.68. The van der Waals surface area contributed by atoms with E-state index in [9.17, 15) is 14.4 Å². The Hall–Kier alpha value is -4.60. The van der Waals surface area contributed by atoms with Crippen molar-refractivity contribution in [2.75, 3.05) is 13.2 Å². The molecule has 2 aromatic carbocycles. The molecule has 2 aliphatic heterocycles. The highest BCUT2D eigenvalue weighted by Gasteiger charge is 2.34. The largest absolute Gasteiger partial charge is 0.494 e. The smallest absolute Gasteiger partial charge is 0.243 e. The van der Waals surface area contributed by atoms with Gasteiger partial charge >= 0.3 is 0 Å². The van der Waals surface area contributed by atoms with Crippen LogP contribution in [0.15, 0.2) is 83.8 Å². The number of hydrogen-bond donors (Lipinski definition) is 3. The minimum Gasteiger partial charge on any atom is -0.494 e. The number of ether oxygens (including phenoxy) is 1. The maximum absolute atomic E-state index is 14.0. The van der Waals surface area contributed by atoms with E-state index in [0.29, 0.717) is 62.6 Å². The van der Waals surface area contributed by atoms with Crippen LogP contribution in [-0.2, 0) is 33.8 Å². The number of carbonyl (C=O) groups excluding carboxylic acids is 3. The van der Waals surface area contributed by atoms with Crippen molar-refractivity contribution in [1.82, 2.24) is 25.8 Å². The molecule has 1 saturated heterocycles. The fraction of sp³-hybridized carbons (Fsp3) is 0.412. The van der Waals surface area contributed by atoms with Gasteiger partial charge in [-0.1, -0.05) is 49.0 Å². The lowest BCUT2D eigenvalue weighted by molar-refractivity contribution is -0.137. The second kappa shape index (κ2) is 15.2. The SMILES string of the molecule is C=C1N[C@H](C(=O)NCc2ncco2)CCCCOc2cccc(c2)C[C@H](N2CCCC2=O)C(=O)N[C@H]1CCc1ccccc1. The third kappa shape index (κ3) is 8.49. The minimum absolute atomic E-state index is 0.0208. The zero-order valence-corrected chi connectivity index (χ0v) is 25.0. The highest BCUT2D eigenvalue weighted by atomic mass is 16.5. The Kier molecular flexibility index (Phi) is 10.7. The maximum Gasteiger partial charge on any atom is 0.243 e. The van der Waals surface area contributed by atoms with E-state index in [-0.39, 0.29) is 24.3 Å². The Morgan fingerprint density at radius 3 is 2.70 bits per heavy atom. The molecule has 2 bridgehead atoms. The predicted molar refractivity (Wildman–Crippen MR) is 165 cm³/mol. The molecule has 0 aliphatic carbocycles. The molecule has 10 nitrogen and oxygen atoms in total. The summed E-state index contributed by atoms with van der Waals surface area (Å²) in [5, 5.41) is 9.45. The average Bonchev–Trinajstić information content (AvgIpc) is 3.72. The topological polar surface area (TPSA) is 126 Å². The summed E-state index contributed by atoms with van der Waals surface area (Å²) in [5.41, 5.74) is 2.60. The molecule has 3 atom stereocenters. The van der Waals surface area contributed by atoms with Gasteiger partial charge in [0, 0.05) is 25.1 Å². The van der Waals surface area contributed by atoms with Crippen LogP contribution in [0.2, 0.25) is 0 Å². The number of hydrogen-bond acceptors (Lipinski definition) is 7. The number of rotatable bonds is 7. The van der Waals surface area contributed by atoms with E-state index in [0.717, 1.165) is 30.4 Å². The molecule has 3 amide bonds.